The molecule has 2 unspecified atom stereocenters. The first-order valence-corrected chi connectivity index (χ1v) is 7.46. The van der Waals surface area contributed by atoms with Gasteiger partial charge in [0, 0.05) is 30.4 Å². The average molecular weight is 264 g/mol. The highest BCUT2D eigenvalue weighted by Gasteiger charge is 2.33. The lowest BCUT2D eigenvalue weighted by Gasteiger charge is -2.29. The van der Waals surface area contributed by atoms with E-state index in [1.807, 2.05) is 10.9 Å². The van der Waals surface area contributed by atoms with Gasteiger partial charge in [0.1, 0.15) is 0 Å². The predicted octanol–water partition coefficient (Wildman–Crippen LogP) is 0.592. The third kappa shape index (κ3) is 2.99. The fourth-order valence-electron chi connectivity index (χ4n) is 3.49. The van der Waals surface area contributed by atoms with Crippen molar-refractivity contribution >= 4 is 0 Å². The van der Waals surface area contributed by atoms with Crippen LogP contribution in [-0.2, 0) is 13.1 Å². The minimum atomic E-state index is 0.152. The number of rotatable bonds is 5. The number of aliphatic hydroxyl groups is 1. The van der Waals surface area contributed by atoms with Gasteiger partial charge in [0.2, 0.25) is 0 Å². The second-order valence-corrected chi connectivity index (χ2v) is 5.72. The third-order valence-corrected chi connectivity index (χ3v) is 4.38. The maximum Gasteiger partial charge on any atom is 0.0640 e. The van der Waals surface area contributed by atoms with Gasteiger partial charge in [-0.25, -0.2) is 0 Å². The number of aliphatic hydroxyl groups excluding tert-OH is 1. The number of nitrogens with one attached hydrogen (secondary N) is 1. The van der Waals surface area contributed by atoms with Gasteiger partial charge < -0.3 is 10.4 Å². The van der Waals surface area contributed by atoms with Crippen LogP contribution in [0, 0.1) is 0 Å². The van der Waals surface area contributed by atoms with Gasteiger partial charge in [-0.15, -0.1) is 0 Å². The fourth-order valence-corrected chi connectivity index (χ4v) is 3.49. The van der Waals surface area contributed by atoms with Crippen LogP contribution in [-0.4, -0.2) is 51.6 Å². The molecular formula is C14H24N4O. The molecule has 0 radical (unpaired) electrons. The van der Waals surface area contributed by atoms with Gasteiger partial charge >= 0.3 is 0 Å². The standard InChI is InChI=1S/C14H24N4O/c19-8-7-18-11-12(9-16-18)10-17-6-2-4-14(17)13-3-1-5-15-13/h9,11,13-15,19H,1-8,10H2. The molecule has 3 rings (SSSR count). The number of nitrogens with zero attached hydrogens (tertiary/aromatic N) is 3. The molecular weight excluding hydrogens is 240 g/mol. The van der Waals surface area contributed by atoms with Gasteiger partial charge in [0.05, 0.1) is 19.3 Å². The molecule has 5 heteroatoms. The Hall–Kier alpha value is -0.910. The Morgan fingerprint density at radius 2 is 2.32 bits per heavy atom. The molecule has 2 N–H and O–H groups in total. The highest BCUT2D eigenvalue weighted by atomic mass is 16.3. The molecule has 0 aromatic carbocycles. The van der Waals surface area contributed by atoms with Gasteiger partial charge in [-0.2, -0.15) is 5.10 Å². The zero-order chi connectivity index (χ0) is 13.1. The van der Waals surface area contributed by atoms with Crippen LogP contribution < -0.4 is 5.32 Å². The van der Waals surface area contributed by atoms with E-state index in [0.29, 0.717) is 18.6 Å². The second kappa shape index (κ2) is 6.03. The van der Waals surface area contributed by atoms with E-state index in [2.05, 4.69) is 21.5 Å². The van der Waals surface area contributed by atoms with Crippen molar-refractivity contribution in [3.63, 3.8) is 0 Å². The molecule has 3 heterocycles. The summed E-state index contributed by atoms with van der Waals surface area (Å²) in [5, 5.41) is 16.8. The Morgan fingerprint density at radius 3 is 3.11 bits per heavy atom. The quantitative estimate of drug-likeness (QED) is 0.817. The van der Waals surface area contributed by atoms with E-state index in [-0.39, 0.29) is 6.61 Å². The molecule has 106 valence electrons. The van der Waals surface area contributed by atoms with Gasteiger partial charge in [-0.1, -0.05) is 0 Å². The molecule has 1 aromatic heterocycles. The largest absolute Gasteiger partial charge is 0.394 e. The fraction of sp³-hybridized carbons (Fsp3) is 0.786. The monoisotopic (exact) mass is 264 g/mol. The van der Waals surface area contributed by atoms with E-state index in [4.69, 9.17) is 5.11 Å². The molecule has 2 aliphatic heterocycles. The SMILES string of the molecule is OCCn1cc(CN2CCCC2C2CCCN2)cn1. The van der Waals surface area contributed by atoms with E-state index >= 15 is 0 Å². The van der Waals surface area contributed by atoms with Crippen molar-refractivity contribution in [1.29, 1.82) is 0 Å². The van der Waals surface area contributed by atoms with E-state index < -0.39 is 0 Å². The molecule has 0 aliphatic carbocycles. The number of likely N-dealkylation sites (tertiary alicyclic amines) is 1. The molecule has 2 fully saturated rings. The summed E-state index contributed by atoms with van der Waals surface area (Å²) < 4.78 is 1.83. The zero-order valence-electron chi connectivity index (χ0n) is 11.5. The summed E-state index contributed by atoms with van der Waals surface area (Å²) in [5.74, 6) is 0. The van der Waals surface area contributed by atoms with Crippen LogP contribution in [0.15, 0.2) is 12.4 Å². The van der Waals surface area contributed by atoms with E-state index in [9.17, 15) is 0 Å². The summed E-state index contributed by atoms with van der Waals surface area (Å²) in [6.45, 7) is 4.12. The van der Waals surface area contributed by atoms with Crippen molar-refractivity contribution in [2.45, 2.75) is 50.9 Å². The van der Waals surface area contributed by atoms with Gasteiger partial charge in [0.25, 0.3) is 0 Å². The molecule has 2 atom stereocenters. The van der Waals surface area contributed by atoms with Crippen LogP contribution in [0.25, 0.3) is 0 Å². The maximum atomic E-state index is 8.92. The smallest absolute Gasteiger partial charge is 0.0640 e. The molecule has 0 spiro atoms. The van der Waals surface area contributed by atoms with Crippen LogP contribution in [0.4, 0.5) is 0 Å². The predicted molar refractivity (Wildman–Crippen MR) is 73.8 cm³/mol. The van der Waals surface area contributed by atoms with E-state index in [1.165, 1.54) is 44.3 Å². The molecule has 0 bridgehead atoms. The number of hydrogen-bond acceptors (Lipinski definition) is 4. The summed E-state index contributed by atoms with van der Waals surface area (Å²) >= 11 is 0. The molecule has 0 amide bonds. The first-order valence-electron chi connectivity index (χ1n) is 7.46. The Balaban J connectivity index is 1.60. The van der Waals surface area contributed by atoms with Gasteiger partial charge in [-0.3, -0.25) is 9.58 Å². The van der Waals surface area contributed by atoms with Crippen molar-refractivity contribution in [3.8, 4) is 0 Å². The van der Waals surface area contributed by atoms with Crippen LogP contribution in [0.5, 0.6) is 0 Å². The lowest BCUT2D eigenvalue weighted by molar-refractivity contribution is 0.206. The highest BCUT2D eigenvalue weighted by Crippen LogP contribution is 2.26. The normalized spacial score (nSPS) is 28.3. The minimum Gasteiger partial charge on any atom is -0.394 e. The molecule has 5 nitrogen and oxygen atoms in total. The average Bonchev–Trinajstić information content (AvgIpc) is 3.11. The van der Waals surface area contributed by atoms with Gasteiger partial charge in [0.15, 0.2) is 0 Å². The van der Waals surface area contributed by atoms with Crippen LogP contribution in [0.3, 0.4) is 0 Å². The number of hydrogen-bond donors (Lipinski definition) is 2. The third-order valence-electron chi connectivity index (χ3n) is 4.38. The lowest BCUT2D eigenvalue weighted by atomic mass is 10.0. The molecule has 2 saturated heterocycles. The van der Waals surface area contributed by atoms with Crippen molar-refractivity contribution in [3.05, 3.63) is 18.0 Å². The maximum absolute atomic E-state index is 8.92. The van der Waals surface area contributed by atoms with E-state index in [1.54, 1.807) is 0 Å². The van der Waals surface area contributed by atoms with Crippen LogP contribution in [0.2, 0.25) is 0 Å². The number of aromatic nitrogens is 2. The summed E-state index contributed by atoms with van der Waals surface area (Å²) in [6.07, 6.45) is 9.28. The van der Waals surface area contributed by atoms with Gasteiger partial charge in [-0.05, 0) is 38.8 Å². The van der Waals surface area contributed by atoms with Crippen molar-refractivity contribution in [1.82, 2.24) is 20.0 Å². The summed E-state index contributed by atoms with van der Waals surface area (Å²) in [6, 6.07) is 1.39. The Morgan fingerprint density at radius 1 is 1.37 bits per heavy atom. The Kier molecular flexibility index (Phi) is 4.15. The molecule has 2 aliphatic rings. The topological polar surface area (TPSA) is 53.3 Å². The van der Waals surface area contributed by atoms with Crippen molar-refractivity contribution in [2.75, 3.05) is 19.7 Å². The van der Waals surface area contributed by atoms with Crippen LogP contribution >= 0.6 is 0 Å². The summed E-state index contributed by atoms with van der Waals surface area (Å²) in [7, 11) is 0. The first-order chi connectivity index (χ1) is 9.36. The Labute approximate surface area is 114 Å². The lowest BCUT2D eigenvalue weighted by Crippen LogP contribution is -2.43. The molecule has 19 heavy (non-hydrogen) atoms. The Bertz CT molecular complexity index is 400. The summed E-state index contributed by atoms with van der Waals surface area (Å²) in [5.41, 5.74) is 1.26. The van der Waals surface area contributed by atoms with Crippen molar-refractivity contribution < 1.29 is 5.11 Å². The molecule has 0 saturated carbocycles. The summed E-state index contributed by atoms with van der Waals surface area (Å²) in [4.78, 5) is 2.60. The van der Waals surface area contributed by atoms with E-state index in [0.717, 1.165) is 6.54 Å². The molecule has 1 aromatic rings. The zero-order valence-corrected chi connectivity index (χ0v) is 11.5. The first kappa shape index (κ1) is 13.1. The minimum absolute atomic E-state index is 0.152. The highest BCUT2D eigenvalue weighted by molar-refractivity contribution is 5.05. The van der Waals surface area contributed by atoms with Crippen molar-refractivity contribution in [2.24, 2.45) is 0 Å². The van der Waals surface area contributed by atoms with Crippen LogP contribution in [0.1, 0.15) is 31.2 Å². The second-order valence-electron chi connectivity index (χ2n) is 5.72.